The minimum absolute atomic E-state index is 1.14. The molecular formula is C14H18. The Morgan fingerprint density at radius 3 is 1.21 bits per heavy atom. The van der Waals surface area contributed by atoms with E-state index < -0.39 is 0 Å². The molecule has 0 heteroatoms. The van der Waals surface area contributed by atoms with E-state index in [1.807, 2.05) is 0 Å². The van der Waals surface area contributed by atoms with E-state index in [0.717, 1.165) is 25.7 Å². The summed E-state index contributed by atoms with van der Waals surface area (Å²) in [4.78, 5) is 0. The number of hydrogen-bond acceptors (Lipinski definition) is 0. The topological polar surface area (TPSA) is 0 Å². The largest absolute Gasteiger partial charge is 0.0882 e. The third-order valence-corrected chi connectivity index (χ3v) is 1.99. The van der Waals surface area contributed by atoms with Crippen LogP contribution in [0.1, 0.15) is 25.7 Å². The van der Waals surface area contributed by atoms with Crippen LogP contribution in [0.2, 0.25) is 0 Å². The first-order valence-electron chi connectivity index (χ1n) is 5.30. The van der Waals surface area contributed by atoms with Crippen molar-refractivity contribution in [3.8, 4) is 0 Å². The summed E-state index contributed by atoms with van der Waals surface area (Å²) in [5, 5.41) is 0. The Morgan fingerprint density at radius 1 is 0.357 bits per heavy atom. The van der Waals surface area contributed by atoms with Crippen molar-refractivity contribution < 1.29 is 0 Å². The van der Waals surface area contributed by atoms with E-state index in [1.165, 1.54) is 0 Å². The molecular weight excluding hydrogens is 168 g/mol. The van der Waals surface area contributed by atoms with E-state index in [4.69, 9.17) is 0 Å². The van der Waals surface area contributed by atoms with Gasteiger partial charge in [0.15, 0.2) is 0 Å². The average molecular weight is 186 g/mol. The van der Waals surface area contributed by atoms with Crippen LogP contribution in [0.15, 0.2) is 60.8 Å². The molecule has 0 aliphatic heterocycles. The molecule has 0 saturated heterocycles. The second-order valence-electron chi connectivity index (χ2n) is 3.25. The van der Waals surface area contributed by atoms with Crippen LogP contribution in [-0.2, 0) is 0 Å². The molecule has 0 atom stereocenters. The van der Waals surface area contributed by atoms with Crippen LogP contribution in [0.4, 0.5) is 0 Å². The molecule has 14 heavy (non-hydrogen) atoms. The molecule has 0 spiro atoms. The lowest BCUT2D eigenvalue weighted by molar-refractivity contribution is 1.00. The summed E-state index contributed by atoms with van der Waals surface area (Å²) < 4.78 is 0. The molecule has 1 aliphatic rings. The van der Waals surface area contributed by atoms with Gasteiger partial charge in [0.1, 0.15) is 0 Å². The van der Waals surface area contributed by atoms with E-state index >= 15 is 0 Å². The van der Waals surface area contributed by atoms with Crippen LogP contribution < -0.4 is 0 Å². The minimum atomic E-state index is 1.14. The summed E-state index contributed by atoms with van der Waals surface area (Å²) in [7, 11) is 0. The molecule has 0 amide bonds. The summed E-state index contributed by atoms with van der Waals surface area (Å²) >= 11 is 0. The summed E-state index contributed by atoms with van der Waals surface area (Å²) in [6.07, 6.45) is 26.0. The van der Waals surface area contributed by atoms with Gasteiger partial charge in [-0.25, -0.2) is 0 Å². The lowest BCUT2D eigenvalue weighted by Gasteiger charge is -1.88. The summed E-state index contributed by atoms with van der Waals surface area (Å²) in [6, 6.07) is 0. The molecule has 0 heterocycles. The maximum Gasteiger partial charge on any atom is -0.0313 e. The van der Waals surface area contributed by atoms with E-state index in [0.29, 0.717) is 0 Å². The van der Waals surface area contributed by atoms with Crippen molar-refractivity contribution in [1.82, 2.24) is 0 Å². The molecule has 0 fully saturated rings. The first-order valence-corrected chi connectivity index (χ1v) is 5.30. The molecule has 0 bridgehead atoms. The van der Waals surface area contributed by atoms with Gasteiger partial charge in [-0.05, 0) is 25.7 Å². The Labute approximate surface area is 87.0 Å². The first kappa shape index (κ1) is 10.8. The van der Waals surface area contributed by atoms with Crippen molar-refractivity contribution in [3.05, 3.63) is 60.8 Å². The monoisotopic (exact) mass is 186 g/mol. The van der Waals surface area contributed by atoms with E-state index in [-0.39, 0.29) is 0 Å². The summed E-state index contributed by atoms with van der Waals surface area (Å²) in [5.41, 5.74) is 0. The molecule has 1 aliphatic carbocycles. The fourth-order valence-corrected chi connectivity index (χ4v) is 1.23. The van der Waals surface area contributed by atoms with Crippen LogP contribution in [0, 0.1) is 0 Å². The van der Waals surface area contributed by atoms with Gasteiger partial charge < -0.3 is 0 Å². The second kappa shape index (κ2) is 8.31. The highest BCUT2D eigenvalue weighted by Gasteiger charge is 1.78. The molecule has 0 saturated carbocycles. The molecule has 0 aromatic heterocycles. The molecule has 74 valence electrons. The Bertz CT molecular complexity index is 234. The van der Waals surface area contributed by atoms with Crippen LogP contribution >= 0.6 is 0 Å². The van der Waals surface area contributed by atoms with Gasteiger partial charge in [0.05, 0.1) is 0 Å². The van der Waals surface area contributed by atoms with E-state index in [9.17, 15) is 0 Å². The molecule has 0 aromatic rings. The van der Waals surface area contributed by atoms with Crippen molar-refractivity contribution in [2.45, 2.75) is 25.7 Å². The minimum Gasteiger partial charge on any atom is -0.0882 e. The molecule has 1 rings (SSSR count). The second-order valence-corrected chi connectivity index (χ2v) is 3.25. The standard InChI is InChI=1S/C14H18/c1-2-4-6-8-10-12-14-13-11-9-7-5-3-1/h1-8,13-14H,9-12H2/b3-1-,4-2+,7-5+,8-6+,14-13-. The van der Waals surface area contributed by atoms with Crippen LogP contribution in [0.3, 0.4) is 0 Å². The van der Waals surface area contributed by atoms with Crippen molar-refractivity contribution in [3.63, 3.8) is 0 Å². The highest BCUT2D eigenvalue weighted by molar-refractivity contribution is 5.15. The Morgan fingerprint density at radius 2 is 0.714 bits per heavy atom. The summed E-state index contributed by atoms with van der Waals surface area (Å²) in [6.45, 7) is 0. The Kier molecular flexibility index (Phi) is 6.39. The lowest BCUT2D eigenvalue weighted by atomic mass is 10.2. The molecule has 0 N–H and O–H groups in total. The van der Waals surface area contributed by atoms with Crippen molar-refractivity contribution >= 4 is 0 Å². The predicted octanol–water partition coefficient (Wildman–Crippen LogP) is 4.34. The van der Waals surface area contributed by atoms with Crippen LogP contribution in [-0.4, -0.2) is 0 Å². The normalized spacial score (nSPS) is 29.7. The fraction of sp³-hybridized carbons (Fsp3) is 0.286. The van der Waals surface area contributed by atoms with Gasteiger partial charge in [-0.15, -0.1) is 0 Å². The van der Waals surface area contributed by atoms with Gasteiger partial charge in [0.2, 0.25) is 0 Å². The number of rotatable bonds is 0. The third-order valence-electron chi connectivity index (χ3n) is 1.99. The molecule has 0 radical (unpaired) electrons. The van der Waals surface area contributed by atoms with E-state index in [1.54, 1.807) is 0 Å². The average Bonchev–Trinajstić information content (AvgIpc) is 2.22. The van der Waals surface area contributed by atoms with Crippen LogP contribution in [0.5, 0.6) is 0 Å². The number of hydrogen-bond donors (Lipinski definition) is 0. The molecule has 0 aromatic carbocycles. The predicted molar refractivity (Wildman–Crippen MR) is 64.2 cm³/mol. The van der Waals surface area contributed by atoms with Gasteiger partial charge in [-0.1, -0.05) is 60.8 Å². The molecule has 0 nitrogen and oxygen atoms in total. The zero-order valence-electron chi connectivity index (χ0n) is 8.60. The quantitative estimate of drug-likeness (QED) is 0.494. The van der Waals surface area contributed by atoms with Crippen LogP contribution in [0.25, 0.3) is 0 Å². The Hall–Kier alpha value is -1.30. The summed E-state index contributed by atoms with van der Waals surface area (Å²) in [5.74, 6) is 0. The number of allylic oxidation sites excluding steroid dienone is 10. The van der Waals surface area contributed by atoms with Crippen molar-refractivity contribution in [2.24, 2.45) is 0 Å². The third kappa shape index (κ3) is 6.24. The Balaban J connectivity index is 2.46. The van der Waals surface area contributed by atoms with Crippen molar-refractivity contribution in [1.29, 1.82) is 0 Å². The van der Waals surface area contributed by atoms with E-state index in [2.05, 4.69) is 60.8 Å². The first-order chi connectivity index (χ1) is 7.00. The lowest BCUT2D eigenvalue weighted by Crippen LogP contribution is -1.68. The highest BCUT2D eigenvalue weighted by Crippen LogP contribution is 1.98. The van der Waals surface area contributed by atoms with Crippen molar-refractivity contribution in [2.75, 3.05) is 0 Å². The smallest absolute Gasteiger partial charge is 0.0313 e. The van der Waals surface area contributed by atoms with Gasteiger partial charge in [-0.3, -0.25) is 0 Å². The van der Waals surface area contributed by atoms with Gasteiger partial charge in [0, 0.05) is 0 Å². The van der Waals surface area contributed by atoms with Gasteiger partial charge in [0.25, 0.3) is 0 Å². The maximum atomic E-state index is 2.27. The zero-order chi connectivity index (χ0) is 9.90. The molecule has 0 unspecified atom stereocenters. The maximum absolute atomic E-state index is 2.27. The highest BCUT2D eigenvalue weighted by atomic mass is 13.8. The van der Waals surface area contributed by atoms with Gasteiger partial charge in [-0.2, -0.15) is 0 Å². The van der Waals surface area contributed by atoms with Gasteiger partial charge >= 0.3 is 0 Å². The zero-order valence-corrected chi connectivity index (χ0v) is 8.60. The SMILES string of the molecule is C1=C\C=C\CC/C=C\CC/C=C/C=C/1. The fourth-order valence-electron chi connectivity index (χ4n) is 1.23.